The molecule has 7 nitrogen and oxygen atoms in total. The van der Waals surface area contributed by atoms with Gasteiger partial charge in [0.25, 0.3) is 5.69 Å². The van der Waals surface area contributed by atoms with Crippen molar-refractivity contribution in [1.29, 1.82) is 0 Å². The number of nitro groups is 1. The Hall–Kier alpha value is -2.77. The molecule has 3 rings (SSSR count). The molecule has 1 N–H and O–H groups in total. The highest BCUT2D eigenvalue weighted by molar-refractivity contribution is 5.93. The molecule has 2 aromatic rings. The highest BCUT2D eigenvalue weighted by atomic mass is 16.6. The van der Waals surface area contributed by atoms with Crippen molar-refractivity contribution in [1.82, 2.24) is 9.80 Å². The smallest absolute Gasteiger partial charge is 0.269 e. The van der Waals surface area contributed by atoms with E-state index >= 15 is 0 Å². The van der Waals surface area contributed by atoms with Gasteiger partial charge in [-0.15, -0.1) is 0 Å². The summed E-state index contributed by atoms with van der Waals surface area (Å²) in [6.07, 6.45) is 0. The van der Waals surface area contributed by atoms with Gasteiger partial charge >= 0.3 is 0 Å². The Bertz CT molecular complexity index is 860. The van der Waals surface area contributed by atoms with E-state index in [2.05, 4.69) is 46.3 Å². The zero-order chi connectivity index (χ0) is 20.1. The maximum absolute atomic E-state index is 12.4. The molecule has 0 aromatic heterocycles. The Balaban J connectivity index is 1.47. The molecular formula is C21H26N4O3. The molecule has 0 bridgehead atoms. The van der Waals surface area contributed by atoms with Crippen molar-refractivity contribution in [3.8, 4) is 0 Å². The highest BCUT2D eigenvalue weighted by Gasteiger charge is 2.20. The number of nitrogens with zero attached hydrogens (tertiary/aromatic N) is 3. The molecule has 1 aliphatic heterocycles. The van der Waals surface area contributed by atoms with Crippen LogP contribution in [0, 0.1) is 24.0 Å². The van der Waals surface area contributed by atoms with Crippen LogP contribution in [0.4, 0.5) is 11.4 Å². The minimum Gasteiger partial charge on any atom is -0.325 e. The molecule has 1 fully saturated rings. The second kappa shape index (κ2) is 8.95. The lowest BCUT2D eigenvalue weighted by molar-refractivity contribution is -0.384. The van der Waals surface area contributed by atoms with Crippen LogP contribution in [0.3, 0.4) is 0 Å². The number of hydrogen-bond donors (Lipinski definition) is 1. The fourth-order valence-electron chi connectivity index (χ4n) is 3.43. The van der Waals surface area contributed by atoms with Crippen molar-refractivity contribution < 1.29 is 9.72 Å². The molecule has 0 saturated carbocycles. The van der Waals surface area contributed by atoms with Crippen LogP contribution >= 0.6 is 0 Å². The maximum Gasteiger partial charge on any atom is 0.269 e. The average Bonchev–Trinajstić information content (AvgIpc) is 2.66. The minimum atomic E-state index is -0.435. The van der Waals surface area contributed by atoms with Gasteiger partial charge in [-0.1, -0.05) is 24.3 Å². The van der Waals surface area contributed by atoms with Crippen LogP contribution in [-0.2, 0) is 11.3 Å². The molecule has 0 radical (unpaired) electrons. The first kappa shape index (κ1) is 20.0. The molecule has 0 atom stereocenters. The lowest BCUT2D eigenvalue weighted by Gasteiger charge is -2.34. The molecule has 1 saturated heterocycles. The van der Waals surface area contributed by atoms with E-state index in [1.54, 1.807) is 13.0 Å². The molecule has 0 aliphatic carbocycles. The first-order valence-corrected chi connectivity index (χ1v) is 9.46. The Morgan fingerprint density at radius 1 is 1.04 bits per heavy atom. The van der Waals surface area contributed by atoms with Gasteiger partial charge in [0.15, 0.2) is 0 Å². The summed E-state index contributed by atoms with van der Waals surface area (Å²) in [5.41, 5.74) is 3.99. The Kier molecular flexibility index (Phi) is 6.38. The van der Waals surface area contributed by atoms with E-state index in [4.69, 9.17) is 0 Å². The Morgan fingerprint density at radius 2 is 1.71 bits per heavy atom. The molecule has 2 aromatic carbocycles. The minimum absolute atomic E-state index is 0.0280. The van der Waals surface area contributed by atoms with Gasteiger partial charge in [0.1, 0.15) is 0 Å². The fourth-order valence-corrected chi connectivity index (χ4v) is 3.43. The lowest BCUT2D eigenvalue weighted by Crippen LogP contribution is -2.48. The number of aryl methyl sites for hydroxylation is 2. The van der Waals surface area contributed by atoms with Crippen molar-refractivity contribution >= 4 is 17.3 Å². The van der Waals surface area contributed by atoms with Gasteiger partial charge in [0.2, 0.25) is 5.91 Å². The van der Waals surface area contributed by atoms with E-state index in [1.807, 2.05) is 0 Å². The van der Waals surface area contributed by atoms with Gasteiger partial charge in [-0.2, -0.15) is 0 Å². The van der Waals surface area contributed by atoms with Crippen LogP contribution in [0.1, 0.15) is 16.7 Å². The summed E-state index contributed by atoms with van der Waals surface area (Å²) in [6.45, 7) is 8.71. The number of benzene rings is 2. The Labute approximate surface area is 165 Å². The van der Waals surface area contributed by atoms with Gasteiger partial charge in [-0.25, -0.2) is 0 Å². The van der Waals surface area contributed by atoms with Crippen molar-refractivity contribution in [3.05, 3.63) is 69.3 Å². The van der Waals surface area contributed by atoms with Gasteiger partial charge < -0.3 is 5.32 Å². The third kappa shape index (κ3) is 5.15. The number of amides is 1. The number of anilines is 1. The number of piperazine rings is 1. The van der Waals surface area contributed by atoms with Crippen LogP contribution < -0.4 is 5.32 Å². The first-order valence-electron chi connectivity index (χ1n) is 9.46. The molecule has 0 unspecified atom stereocenters. The summed E-state index contributed by atoms with van der Waals surface area (Å²) < 4.78 is 0. The van der Waals surface area contributed by atoms with E-state index in [0.717, 1.165) is 32.7 Å². The standard InChI is InChI=1S/C21H26N4O3/c1-16-5-3-4-6-18(16)14-23-9-11-24(12-10-23)15-21(26)22-20-8-7-19(25(27)28)13-17(20)2/h3-8,13H,9-12,14-15H2,1-2H3,(H,22,26). The number of rotatable bonds is 6. The topological polar surface area (TPSA) is 78.7 Å². The van der Waals surface area contributed by atoms with Crippen LogP contribution in [-0.4, -0.2) is 53.4 Å². The van der Waals surface area contributed by atoms with Crippen molar-refractivity contribution in [2.45, 2.75) is 20.4 Å². The molecule has 1 aliphatic rings. The van der Waals surface area contributed by atoms with Gasteiger partial charge in [-0.05, 0) is 36.6 Å². The molecular weight excluding hydrogens is 356 g/mol. The number of carbonyl (C=O) groups excluding carboxylic acids is 1. The zero-order valence-electron chi connectivity index (χ0n) is 16.4. The third-order valence-electron chi connectivity index (χ3n) is 5.18. The monoisotopic (exact) mass is 382 g/mol. The molecule has 148 valence electrons. The second-order valence-corrected chi connectivity index (χ2v) is 7.28. The van der Waals surface area contributed by atoms with Crippen LogP contribution in [0.15, 0.2) is 42.5 Å². The van der Waals surface area contributed by atoms with E-state index in [1.165, 1.54) is 23.3 Å². The van der Waals surface area contributed by atoms with Gasteiger partial charge in [-0.3, -0.25) is 24.7 Å². The second-order valence-electron chi connectivity index (χ2n) is 7.28. The predicted molar refractivity (Wildman–Crippen MR) is 109 cm³/mol. The molecule has 0 spiro atoms. The third-order valence-corrected chi connectivity index (χ3v) is 5.18. The fraction of sp³-hybridized carbons (Fsp3) is 0.381. The number of non-ortho nitro benzene ring substituents is 1. The summed E-state index contributed by atoms with van der Waals surface area (Å²) in [6, 6.07) is 12.9. The summed E-state index contributed by atoms with van der Waals surface area (Å²) in [4.78, 5) is 27.3. The quantitative estimate of drug-likeness (QED) is 0.614. The summed E-state index contributed by atoms with van der Waals surface area (Å²) in [7, 11) is 0. The molecule has 7 heteroatoms. The first-order chi connectivity index (χ1) is 13.4. The van der Waals surface area contributed by atoms with Gasteiger partial charge in [0.05, 0.1) is 11.5 Å². The SMILES string of the molecule is Cc1ccccc1CN1CCN(CC(=O)Nc2ccc([N+](=O)[O-])cc2C)CC1. The molecule has 1 amide bonds. The Morgan fingerprint density at radius 3 is 2.36 bits per heavy atom. The van der Waals surface area contributed by atoms with E-state index in [9.17, 15) is 14.9 Å². The highest BCUT2D eigenvalue weighted by Crippen LogP contribution is 2.21. The molecule has 1 heterocycles. The van der Waals surface area contributed by atoms with Crippen molar-refractivity contribution in [2.24, 2.45) is 0 Å². The largest absolute Gasteiger partial charge is 0.325 e. The maximum atomic E-state index is 12.4. The van der Waals surface area contributed by atoms with E-state index in [0.29, 0.717) is 17.8 Å². The average molecular weight is 382 g/mol. The lowest BCUT2D eigenvalue weighted by atomic mass is 10.1. The zero-order valence-corrected chi connectivity index (χ0v) is 16.4. The van der Waals surface area contributed by atoms with Crippen LogP contribution in [0.25, 0.3) is 0 Å². The summed E-state index contributed by atoms with van der Waals surface area (Å²) >= 11 is 0. The number of carbonyl (C=O) groups is 1. The van der Waals surface area contributed by atoms with Crippen molar-refractivity contribution in [2.75, 3.05) is 38.0 Å². The molecule has 28 heavy (non-hydrogen) atoms. The summed E-state index contributed by atoms with van der Waals surface area (Å²) in [5, 5.41) is 13.7. The van der Waals surface area contributed by atoms with E-state index in [-0.39, 0.29) is 11.6 Å². The summed E-state index contributed by atoms with van der Waals surface area (Å²) in [5.74, 6) is -0.0932. The van der Waals surface area contributed by atoms with Crippen LogP contribution in [0.5, 0.6) is 0 Å². The van der Waals surface area contributed by atoms with Crippen molar-refractivity contribution in [3.63, 3.8) is 0 Å². The van der Waals surface area contributed by atoms with E-state index < -0.39 is 4.92 Å². The number of nitrogens with one attached hydrogen (secondary N) is 1. The predicted octanol–water partition coefficient (Wildman–Crippen LogP) is 2.97. The van der Waals surface area contributed by atoms with Crippen LogP contribution in [0.2, 0.25) is 0 Å². The number of nitro benzene ring substituents is 1. The number of hydrogen-bond acceptors (Lipinski definition) is 5. The van der Waals surface area contributed by atoms with Gasteiger partial charge in [0, 0.05) is 50.5 Å². The normalized spacial score (nSPS) is 15.4.